The van der Waals surface area contributed by atoms with Crippen molar-refractivity contribution in [3.05, 3.63) is 41.3 Å². The summed E-state index contributed by atoms with van der Waals surface area (Å²) in [5.41, 5.74) is 5.01. The second-order valence-corrected chi connectivity index (χ2v) is 5.89. The first kappa shape index (κ1) is 13.4. The summed E-state index contributed by atoms with van der Waals surface area (Å²) in [6.07, 6.45) is 6.87. The average molecular weight is 269 g/mol. The summed E-state index contributed by atoms with van der Waals surface area (Å²) in [6.45, 7) is 5.45. The number of benzene rings is 1. The largest absolute Gasteiger partial charge is 0.342 e. The van der Waals surface area contributed by atoms with E-state index in [0.717, 1.165) is 24.5 Å². The molecule has 0 saturated carbocycles. The third-order valence-electron chi connectivity index (χ3n) is 4.30. The molecule has 1 unspecified atom stereocenters. The first-order valence-electron chi connectivity index (χ1n) is 7.57. The molecule has 1 atom stereocenters. The SMILES string of the molecule is Cc1ccc(-c2cnc(CC3CCCCN3)[nH]2)cc1C. The van der Waals surface area contributed by atoms with Crippen LogP contribution in [0.25, 0.3) is 11.3 Å². The Hall–Kier alpha value is -1.61. The molecular formula is C17H23N3. The third-order valence-corrected chi connectivity index (χ3v) is 4.30. The van der Waals surface area contributed by atoms with E-state index in [4.69, 9.17) is 0 Å². The molecule has 1 saturated heterocycles. The molecule has 106 valence electrons. The van der Waals surface area contributed by atoms with E-state index in [-0.39, 0.29) is 0 Å². The fourth-order valence-electron chi connectivity index (χ4n) is 2.85. The number of nitrogens with zero attached hydrogens (tertiary/aromatic N) is 1. The van der Waals surface area contributed by atoms with Gasteiger partial charge < -0.3 is 10.3 Å². The Morgan fingerprint density at radius 1 is 1.20 bits per heavy atom. The van der Waals surface area contributed by atoms with Crippen LogP contribution in [-0.2, 0) is 6.42 Å². The molecule has 0 amide bonds. The van der Waals surface area contributed by atoms with E-state index in [1.54, 1.807) is 0 Å². The molecule has 0 spiro atoms. The molecule has 0 bridgehead atoms. The van der Waals surface area contributed by atoms with Crippen LogP contribution in [0.2, 0.25) is 0 Å². The van der Waals surface area contributed by atoms with Gasteiger partial charge in [0.1, 0.15) is 5.82 Å². The molecule has 0 radical (unpaired) electrons. The van der Waals surface area contributed by atoms with Crippen molar-refractivity contribution >= 4 is 0 Å². The second-order valence-electron chi connectivity index (χ2n) is 5.89. The van der Waals surface area contributed by atoms with Crippen molar-refractivity contribution in [3.63, 3.8) is 0 Å². The molecule has 2 heterocycles. The molecule has 3 rings (SSSR count). The summed E-state index contributed by atoms with van der Waals surface area (Å²) in [7, 11) is 0. The number of hydrogen-bond acceptors (Lipinski definition) is 2. The summed E-state index contributed by atoms with van der Waals surface area (Å²) in [6, 6.07) is 7.15. The smallest absolute Gasteiger partial charge is 0.108 e. The molecule has 1 fully saturated rings. The highest BCUT2D eigenvalue weighted by Crippen LogP contribution is 2.21. The summed E-state index contributed by atoms with van der Waals surface area (Å²) in [4.78, 5) is 8.02. The number of rotatable bonds is 3. The van der Waals surface area contributed by atoms with Crippen LogP contribution in [-0.4, -0.2) is 22.6 Å². The maximum Gasteiger partial charge on any atom is 0.108 e. The minimum atomic E-state index is 0.586. The predicted molar refractivity (Wildman–Crippen MR) is 82.8 cm³/mol. The van der Waals surface area contributed by atoms with Gasteiger partial charge in [-0.1, -0.05) is 18.6 Å². The van der Waals surface area contributed by atoms with Gasteiger partial charge in [0.15, 0.2) is 0 Å². The fourth-order valence-corrected chi connectivity index (χ4v) is 2.85. The highest BCUT2D eigenvalue weighted by atomic mass is 15.0. The normalized spacial score (nSPS) is 19.2. The van der Waals surface area contributed by atoms with E-state index >= 15 is 0 Å². The number of nitrogens with one attached hydrogen (secondary N) is 2. The number of aromatic nitrogens is 2. The standard InChI is InChI=1S/C17H23N3/c1-12-6-7-14(9-13(12)2)16-11-19-17(20-16)10-15-5-3-4-8-18-15/h6-7,9,11,15,18H,3-5,8,10H2,1-2H3,(H,19,20). The van der Waals surface area contributed by atoms with E-state index in [1.165, 1.54) is 36.0 Å². The summed E-state index contributed by atoms with van der Waals surface area (Å²) < 4.78 is 0. The number of aromatic amines is 1. The zero-order valence-corrected chi connectivity index (χ0v) is 12.4. The van der Waals surface area contributed by atoms with Gasteiger partial charge in [0, 0.05) is 12.5 Å². The van der Waals surface area contributed by atoms with E-state index in [1.807, 2.05) is 6.20 Å². The molecule has 1 aliphatic rings. The Morgan fingerprint density at radius 2 is 2.10 bits per heavy atom. The Morgan fingerprint density at radius 3 is 2.85 bits per heavy atom. The predicted octanol–water partition coefficient (Wildman–Crippen LogP) is 3.38. The second kappa shape index (κ2) is 5.80. The van der Waals surface area contributed by atoms with Crippen LogP contribution in [0, 0.1) is 13.8 Å². The number of imidazole rings is 1. The van der Waals surface area contributed by atoms with Gasteiger partial charge in [0.05, 0.1) is 11.9 Å². The quantitative estimate of drug-likeness (QED) is 0.897. The van der Waals surface area contributed by atoms with Crippen molar-refractivity contribution in [2.24, 2.45) is 0 Å². The first-order chi connectivity index (χ1) is 9.72. The highest BCUT2D eigenvalue weighted by Gasteiger charge is 2.14. The Balaban J connectivity index is 1.73. The van der Waals surface area contributed by atoms with Gasteiger partial charge in [-0.25, -0.2) is 4.98 Å². The fraction of sp³-hybridized carbons (Fsp3) is 0.471. The minimum absolute atomic E-state index is 0.586. The van der Waals surface area contributed by atoms with Gasteiger partial charge in [-0.2, -0.15) is 0 Å². The topological polar surface area (TPSA) is 40.7 Å². The lowest BCUT2D eigenvalue weighted by Crippen LogP contribution is -2.35. The summed E-state index contributed by atoms with van der Waals surface area (Å²) >= 11 is 0. The van der Waals surface area contributed by atoms with Gasteiger partial charge in [-0.3, -0.25) is 0 Å². The number of piperidine rings is 1. The lowest BCUT2D eigenvalue weighted by atomic mass is 10.0. The Kier molecular flexibility index (Phi) is 3.88. The first-order valence-corrected chi connectivity index (χ1v) is 7.57. The van der Waals surface area contributed by atoms with Gasteiger partial charge in [0.2, 0.25) is 0 Å². The Bertz CT molecular complexity index is 580. The van der Waals surface area contributed by atoms with Gasteiger partial charge in [0.25, 0.3) is 0 Å². The van der Waals surface area contributed by atoms with Gasteiger partial charge in [-0.15, -0.1) is 0 Å². The molecule has 1 aromatic carbocycles. The van der Waals surface area contributed by atoms with Crippen molar-refractivity contribution in [1.82, 2.24) is 15.3 Å². The van der Waals surface area contributed by atoms with Crippen LogP contribution >= 0.6 is 0 Å². The van der Waals surface area contributed by atoms with E-state index in [2.05, 4.69) is 47.3 Å². The lowest BCUT2D eigenvalue weighted by Gasteiger charge is -2.22. The van der Waals surface area contributed by atoms with Crippen LogP contribution in [0.3, 0.4) is 0 Å². The van der Waals surface area contributed by atoms with Crippen molar-refractivity contribution in [3.8, 4) is 11.3 Å². The maximum atomic E-state index is 4.54. The zero-order chi connectivity index (χ0) is 13.9. The van der Waals surface area contributed by atoms with Crippen LogP contribution in [0.15, 0.2) is 24.4 Å². The monoisotopic (exact) mass is 269 g/mol. The molecule has 3 heteroatoms. The highest BCUT2D eigenvalue weighted by molar-refractivity contribution is 5.60. The molecule has 2 N–H and O–H groups in total. The van der Waals surface area contributed by atoms with Gasteiger partial charge >= 0.3 is 0 Å². The lowest BCUT2D eigenvalue weighted by molar-refractivity contribution is 0.395. The summed E-state index contributed by atoms with van der Waals surface area (Å²) in [5, 5.41) is 3.57. The molecule has 1 aliphatic heterocycles. The van der Waals surface area contributed by atoms with Crippen molar-refractivity contribution in [2.45, 2.75) is 45.6 Å². The minimum Gasteiger partial charge on any atom is -0.342 e. The van der Waals surface area contributed by atoms with Crippen molar-refractivity contribution in [2.75, 3.05) is 6.54 Å². The number of hydrogen-bond donors (Lipinski definition) is 2. The van der Waals surface area contributed by atoms with E-state index in [0.29, 0.717) is 6.04 Å². The van der Waals surface area contributed by atoms with E-state index in [9.17, 15) is 0 Å². The molecular weight excluding hydrogens is 246 g/mol. The third kappa shape index (κ3) is 2.93. The van der Waals surface area contributed by atoms with Crippen LogP contribution in [0.1, 0.15) is 36.2 Å². The number of H-pyrrole nitrogens is 1. The van der Waals surface area contributed by atoms with Crippen LogP contribution < -0.4 is 5.32 Å². The van der Waals surface area contributed by atoms with Gasteiger partial charge in [-0.05, 0) is 56.0 Å². The Labute approximate surface area is 120 Å². The van der Waals surface area contributed by atoms with Crippen LogP contribution in [0.5, 0.6) is 0 Å². The molecule has 0 aliphatic carbocycles. The maximum absolute atomic E-state index is 4.54. The molecule has 20 heavy (non-hydrogen) atoms. The molecule has 3 nitrogen and oxygen atoms in total. The zero-order valence-electron chi connectivity index (χ0n) is 12.4. The average Bonchev–Trinajstić information content (AvgIpc) is 2.91. The van der Waals surface area contributed by atoms with E-state index < -0.39 is 0 Å². The van der Waals surface area contributed by atoms with Crippen molar-refractivity contribution < 1.29 is 0 Å². The summed E-state index contributed by atoms with van der Waals surface area (Å²) in [5.74, 6) is 1.10. The number of aryl methyl sites for hydroxylation is 2. The van der Waals surface area contributed by atoms with Crippen molar-refractivity contribution in [1.29, 1.82) is 0 Å². The van der Waals surface area contributed by atoms with Crippen LogP contribution in [0.4, 0.5) is 0 Å². The molecule has 1 aromatic heterocycles. The molecule has 2 aromatic rings.